The Kier molecular flexibility index (Phi) is 5.61. The van der Waals surface area contributed by atoms with Crippen LogP contribution in [0.3, 0.4) is 0 Å². The van der Waals surface area contributed by atoms with Crippen molar-refractivity contribution in [3.05, 3.63) is 66.6 Å². The Morgan fingerprint density at radius 3 is 2.43 bits per heavy atom. The third-order valence-corrected chi connectivity index (χ3v) is 5.22. The molecule has 5 rings (SSSR count). The molecule has 1 aliphatic carbocycles. The molecule has 2 aromatic carbocycles. The first-order valence-electron chi connectivity index (χ1n) is 9.87. The molecule has 7 heteroatoms. The second-order valence-electron chi connectivity index (χ2n) is 7.24. The lowest BCUT2D eigenvalue weighted by Crippen LogP contribution is -2.16. The summed E-state index contributed by atoms with van der Waals surface area (Å²) in [5.74, 6) is 0.747. The van der Waals surface area contributed by atoms with E-state index >= 15 is 0 Å². The third kappa shape index (κ3) is 3.83. The molecule has 0 unspecified atom stereocenters. The SMILES string of the molecule is C.Fc1ccccc1Nc1nc2cnc(NC3CCCC3)nc2n1-c1ccccc1. The first kappa shape index (κ1) is 19.8. The van der Waals surface area contributed by atoms with Crippen molar-refractivity contribution >= 4 is 28.7 Å². The molecule has 0 radical (unpaired) electrons. The molecule has 1 aliphatic rings. The highest BCUT2D eigenvalue weighted by Crippen LogP contribution is 2.28. The fourth-order valence-corrected chi connectivity index (χ4v) is 3.79. The molecule has 1 fully saturated rings. The van der Waals surface area contributed by atoms with Crippen LogP contribution in [0.25, 0.3) is 16.9 Å². The molecule has 0 bridgehead atoms. The van der Waals surface area contributed by atoms with Crippen LogP contribution in [0.5, 0.6) is 0 Å². The molecule has 0 spiro atoms. The van der Waals surface area contributed by atoms with E-state index in [1.165, 1.54) is 18.9 Å². The Balaban J connectivity index is 0.00000218. The van der Waals surface area contributed by atoms with Gasteiger partial charge in [-0.25, -0.2) is 14.4 Å². The maximum absolute atomic E-state index is 14.2. The van der Waals surface area contributed by atoms with Gasteiger partial charge in [0.25, 0.3) is 0 Å². The maximum atomic E-state index is 14.2. The number of anilines is 3. The van der Waals surface area contributed by atoms with E-state index in [1.807, 2.05) is 34.9 Å². The summed E-state index contributed by atoms with van der Waals surface area (Å²) in [4.78, 5) is 13.8. The molecule has 0 saturated heterocycles. The topological polar surface area (TPSA) is 67.7 Å². The molecule has 0 amide bonds. The summed E-state index contributed by atoms with van der Waals surface area (Å²) in [6, 6.07) is 16.8. The number of nitrogens with zero attached hydrogens (tertiary/aromatic N) is 4. The summed E-state index contributed by atoms with van der Waals surface area (Å²) >= 11 is 0. The monoisotopic (exact) mass is 404 g/mol. The van der Waals surface area contributed by atoms with E-state index in [0.29, 0.717) is 34.8 Å². The summed E-state index contributed by atoms with van der Waals surface area (Å²) in [5.41, 5.74) is 2.56. The number of rotatable bonds is 5. The van der Waals surface area contributed by atoms with E-state index in [4.69, 9.17) is 4.98 Å². The van der Waals surface area contributed by atoms with Crippen molar-refractivity contribution in [1.29, 1.82) is 0 Å². The normalized spacial score (nSPS) is 13.9. The molecule has 4 aromatic rings. The van der Waals surface area contributed by atoms with Crippen molar-refractivity contribution in [2.45, 2.75) is 39.2 Å². The molecule has 0 aliphatic heterocycles. The van der Waals surface area contributed by atoms with Crippen LogP contribution in [0, 0.1) is 5.82 Å². The first-order chi connectivity index (χ1) is 14.3. The molecular weight excluding hydrogens is 379 g/mol. The fourth-order valence-electron chi connectivity index (χ4n) is 3.79. The summed E-state index contributed by atoms with van der Waals surface area (Å²) < 4.78 is 16.1. The van der Waals surface area contributed by atoms with E-state index in [0.717, 1.165) is 18.5 Å². The van der Waals surface area contributed by atoms with Gasteiger partial charge < -0.3 is 10.6 Å². The Morgan fingerprint density at radius 2 is 1.67 bits per heavy atom. The predicted octanol–water partition coefficient (Wildman–Crippen LogP) is 5.69. The number of hydrogen-bond acceptors (Lipinski definition) is 5. The number of aromatic nitrogens is 4. The fraction of sp³-hybridized carbons (Fsp3) is 0.261. The van der Waals surface area contributed by atoms with Crippen LogP contribution in [0.4, 0.5) is 22.0 Å². The van der Waals surface area contributed by atoms with E-state index in [-0.39, 0.29) is 13.2 Å². The van der Waals surface area contributed by atoms with Gasteiger partial charge in [-0.1, -0.05) is 50.6 Å². The lowest BCUT2D eigenvalue weighted by atomic mass is 10.2. The molecule has 2 aromatic heterocycles. The number of imidazole rings is 1. The minimum Gasteiger partial charge on any atom is -0.351 e. The van der Waals surface area contributed by atoms with Crippen LogP contribution in [0.2, 0.25) is 0 Å². The Hall–Kier alpha value is -3.48. The van der Waals surface area contributed by atoms with Gasteiger partial charge in [-0.05, 0) is 37.1 Å². The molecule has 2 N–H and O–H groups in total. The van der Waals surface area contributed by atoms with Gasteiger partial charge in [-0.2, -0.15) is 4.98 Å². The number of benzene rings is 2. The zero-order valence-corrected chi connectivity index (χ0v) is 15.8. The number of hydrogen-bond donors (Lipinski definition) is 2. The number of nitrogens with one attached hydrogen (secondary N) is 2. The third-order valence-electron chi connectivity index (χ3n) is 5.22. The quantitative estimate of drug-likeness (QED) is 0.447. The van der Waals surface area contributed by atoms with Gasteiger partial charge in [0.1, 0.15) is 11.3 Å². The second kappa shape index (κ2) is 8.49. The molecule has 30 heavy (non-hydrogen) atoms. The van der Waals surface area contributed by atoms with Crippen molar-refractivity contribution in [2.75, 3.05) is 10.6 Å². The van der Waals surface area contributed by atoms with Gasteiger partial charge in [-0.3, -0.25) is 4.57 Å². The Morgan fingerprint density at radius 1 is 0.933 bits per heavy atom. The van der Waals surface area contributed by atoms with Crippen molar-refractivity contribution < 1.29 is 4.39 Å². The lowest BCUT2D eigenvalue weighted by molar-refractivity contribution is 0.631. The summed E-state index contributed by atoms with van der Waals surface area (Å²) in [6.45, 7) is 0. The van der Waals surface area contributed by atoms with E-state index in [9.17, 15) is 4.39 Å². The predicted molar refractivity (Wildman–Crippen MR) is 119 cm³/mol. The van der Waals surface area contributed by atoms with Crippen LogP contribution in [0.15, 0.2) is 60.8 Å². The van der Waals surface area contributed by atoms with E-state index in [1.54, 1.807) is 24.4 Å². The summed E-state index contributed by atoms with van der Waals surface area (Å²) in [5, 5.41) is 6.55. The van der Waals surface area contributed by atoms with Crippen LogP contribution >= 0.6 is 0 Å². The van der Waals surface area contributed by atoms with Crippen molar-refractivity contribution in [1.82, 2.24) is 19.5 Å². The average molecular weight is 404 g/mol. The Labute approximate surface area is 175 Å². The van der Waals surface area contributed by atoms with E-state index in [2.05, 4.69) is 20.6 Å². The minimum atomic E-state index is -0.339. The lowest BCUT2D eigenvalue weighted by Gasteiger charge is -2.13. The smallest absolute Gasteiger partial charge is 0.224 e. The van der Waals surface area contributed by atoms with Crippen LogP contribution < -0.4 is 10.6 Å². The molecule has 6 nitrogen and oxygen atoms in total. The Bertz CT molecular complexity index is 1140. The summed E-state index contributed by atoms with van der Waals surface area (Å²) in [7, 11) is 0. The van der Waals surface area contributed by atoms with Crippen LogP contribution in [-0.2, 0) is 0 Å². The largest absolute Gasteiger partial charge is 0.351 e. The van der Waals surface area contributed by atoms with Gasteiger partial charge in [0.15, 0.2) is 5.65 Å². The number of fused-ring (bicyclic) bond motifs is 1. The standard InChI is InChI=1S/C22H21FN6.CH4/c23-17-12-6-7-13-18(17)26-22-27-19-14-24-21(25-15-8-4-5-9-15)28-20(19)29(22)16-10-2-1-3-11-16;/h1-3,6-7,10-15H,4-5,8-9H2,(H,26,27)(H,24,25,28);1H4. The van der Waals surface area contributed by atoms with Crippen molar-refractivity contribution in [2.24, 2.45) is 0 Å². The van der Waals surface area contributed by atoms with Gasteiger partial charge in [-0.15, -0.1) is 0 Å². The highest BCUT2D eigenvalue weighted by Gasteiger charge is 2.19. The van der Waals surface area contributed by atoms with Crippen LogP contribution in [0.1, 0.15) is 33.1 Å². The molecule has 1 saturated carbocycles. The average Bonchev–Trinajstić information content (AvgIpc) is 3.37. The maximum Gasteiger partial charge on any atom is 0.224 e. The first-order valence-corrected chi connectivity index (χ1v) is 9.87. The van der Waals surface area contributed by atoms with Crippen molar-refractivity contribution in [3.63, 3.8) is 0 Å². The zero-order chi connectivity index (χ0) is 19.6. The number of halogens is 1. The highest BCUT2D eigenvalue weighted by atomic mass is 19.1. The van der Waals surface area contributed by atoms with Crippen molar-refractivity contribution in [3.8, 4) is 5.69 Å². The minimum absolute atomic E-state index is 0. The van der Waals surface area contributed by atoms with Crippen LogP contribution in [-0.4, -0.2) is 25.6 Å². The molecule has 0 atom stereocenters. The second-order valence-corrected chi connectivity index (χ2v) is 7.24. The van der Waals surface area contributed by atoms with Gasteiger partial charge in [0.2, 0.25) is 11.9 Å². The zero-order valence-electron chi connectivity index (χ0n) is 15.8. The summed E-state index contributed by atoms with van der Waals surface area (Å²) in [6.07, 6.45) is 6.46. The molecular formula is C23H25FN6. The molecule has 154 valence electrons. The van der Waals surface area contributed by atoms with Gasteiger partial charge in [0, 0.05) is 6.04 Å². The van der Waals surface area contributed by atoms with E-state index < -0.39 is 0 Å². The van der Waals surface area contributed by atoms with Gasteiger partial charge >= 0.3 is 0 Å². The van der Waals surface area contributed by atoms with Gasteiger partial charge in [0.05, 0.1) is 17.6 Å². The molecule has 2 heterocycles. The number of para-hydroxylation sites is 2. The highest BCUT2D eigenvalue weighted by molar-refractivity contribution is 5.79.